The molecule has 0 unspecified atom stereocenters. The van der Waals surface area contributed by atoms with Crippen LogP contribution in [0.3, 0.4) is 0 Å². The Morgan fingerprint density at radius 2 is 2.04 bits per heavy atom. The number of hydrogen-bond acceptors (Lipinski definition) is 5. The molecule has 1 aromatic rings. The number of nitrogens with one attached hydrogen (secondary N) is 1. The summed E-state index contributed by atoms with van der Waals surface area (Å²) < 4.78 is 5.33. The summed E-state index contributed by atoms with van der Waals surface area (Å²) >= 11 is 1.64. The van der Waals surface area contributed by atoms with Crippen LogP contribution in [0.1, 0.15) is 12.0 Å². The monoisotopic (exact) mass is 377 g/mol. The first-order chi connectivity index (χ1) is 12.6. The summed E-state index contributed by atoms with van der Waals surface area (Å²) in [6.07, 6.45) is 2.13. The minimum atomic E-state index is -0.633. The van der Waals surface area contributed by atoms with Gasteiger partial charge in [0.1, 0.15) is 18.7 Å². The van der Waals surface area contributed by atoms with Gasteiger partial charge in [0.25, 0.3) is 0 Å². The largest absolute Gasteiger partial charge is 0.445 e. The fourth-order valence-corrected chi connectivity index (χ4v) is 3.68. The molecule has 0 bridgehead atoms. The van der Waals surface area contributed by atoms with Crippen LogP contribution in [-0.4, -0.2) is 71.4 Å². The van der Waals surface area contributed by atoms with Crippen molar-refractivity contribution in [3.63, 3.8) is 0 Å². The molecule has 1 aromatic carbocycles. The van der Waals surface area contributed by atoms with Crippen LogP contribution in [0.4, 0.5) is 4.79 Å². The van der Waals surface area contributed by atoms with Gasteiger partial charge in [-0.3, -0.25) is 9.59 Å². The van der Waals surface area contributed by atoms with Crippen molar-refractivity contribution in [2.24, 2.45) is 0 Å². The predicted octanol–water partition coefficient (Wildman–Crippen LogP) is 1.09. The van der Waals surface area contributed by atoms with Crippen LogP contribution in [0.2, 0.25) is 0 Å². The molecule has 2 saturated heterocycles. The molecule has 2 aliphatic heterocycles. The number of piperazine rings is 2. The standard InChI is InChI=1S/C18H23N3O4S/c1-26-10-7-14-17(23)21-9-8-20(11-15(21)16(22)19-14)18(24)25-12-13-5-3-2-4-6-13/h2-6,14-15H,7-12H2,1H3,(H,19,22)/t14-,15+/m0/s1. The zero-order valence-corrected chi connectivity index (χ0v) is 15.5. The van der Waals surface area contributed by atoms with Gasteiger partial charge in [-0.25, -0.2) is 4.79 Å². The van der Waals surface area contributed by atoms with Gasteiger partial charge in [0.05, 0.1) is 6.54 Å². The summed E-state index contributed by atoms with van der Waals surface area (Å²) in [5.74, 6) is 0.560. The van der Waals surface area contributed by atoms with Crippen molar-refractivity contribution in [1.29, 1.82) is 0 Å². The number of hydrogen-bond donors (Lipinski definition) is 1. The van der Waals surface area contributed by atoms with Crippen molar-refractivity contribution in [3.05, 3.63) is 35.9 Å². The Kier molecular flexibility index (Phi) is 6.03. The Hall–Kier alpha value is -2.22. The van der Waals surface area contributed by atoms with E-state index in [1.165, 1.54) is 4.90 Å². The van der Waals surface area contributed by atoms with Gasteiger partial charge in [0, 0.05) is 13.1 Å². The highest BCUT2D eigenvalue weighted by molar-refractivity contribution is 7.98. The third-order valence-electron chi connectivity index (χ3n) is 4.65. The summed E-state index contributed by atoms with van der Waals surface area (Å²) in [7, 11) is 0. The molecule has 2 aliphatic rings. The Bertz CT molecular complexity index is 670. The number of benzene rings is 1. The Morgan fingerprint density at radius 1 is 1.27 bits per heavy atom. The van der Waals surface area contributed by atoms with Crippen molar-refractivity contribution < 1.29 is 19.1 Å². The summed E-state index contributed by atoms with van der Waals surface area (Å²) in [5.41, 5.74) is 0.904. The highest BCUT2D eigenvalue weighted by Crippen LogP contribution is 2.19. The van der Waals surface area contributed by atoms with Crippen LogP contribution < -0.4 is 5.32 Å². The molecule has 0 aromatic heterocycles. The van der Waals surface area contributed by atoms with Gasteiger partial charge in [-0.15, -0.1) is 0 Å². The van der Waals surface area contributed by atoms with E-state index in [0.717, 1.165) is 11.3 Å². The van der Waals surface area contributed by atoms with E-state index in [2.05, 4.69) is 5.32 Å². The van der Waals surface area contributed by atoms with Gasteiger partial charge < -0.3 is 19.9 Å². The molecule has 1 N–H and O–H groups in total. The minimum absolute atomic E-state index is 0.0547. The van der Waals surface area contributed by atoms with Gasteiger partial charge >= 0.3 is 6.09 Å². The Labute approximate surface area is 157 Å². The first-order valence-electron chi connectivity index (χ1n) is 8.65. The molecule has 0 spiro atoms. The predicted molar refractivity (Wildman–Crippen MR) is 98.6 cm³/mol. The zero-order valence-electron chi connectivity index (χ0n) is 14.7. The van der Waals surface area contributed by atoms with Crippen LogP contribution >= 0.6 is 11.8 Å². The lowest BCUT2D eigenvalue weighted by Crippen LogP contribution is -2.69. The van der Waals surface area contributed by atoms with Crippen LogP contribution in [0.15, 0.2) is 30.3 Å². The van der Waals surface area contributed by atoms with E-state index in [1.807, 2.05) is 36.6 Å². The lowest BCUT2D eigenvalue weighted by molar-refractivity contribution is -0.152. The number of carbonyl (C=O) groups excluding carboxylic acids is 3. The second-order valence-electron chi connectivity index (χ2n) is 6.38. The highest BCUT2D eigenvalue weighted by Gasteiger charge is 2.44. The summed E-state index contributed by atoms with van der Waals surface area (Å²) in [6.45, 7) is 1.08. The van der Waals surface area contributed by atoms with Crippen molar-refractivity contribution >= 4 is 29.7 Å². The maximum absolute atomic E-state index is 12.6. The molecular weight excluding hydrogens is 354 g/mol. The molecule has 2 heterocycles. The first kappa shape index (κ1) is 18.6. The number of amides is 3. The van der Waals surface area contributed by atoms with E-state index in [9.17, 15) is 14.4 Å². The lowest BCUT2D eigenvalue weighted by Gasteiger charge is -2.44. The van der Waals surface area contributed by atoms with Crippen molar-refractivity contribution in [1.82, 2.24) is 15.1 Å². The Balaban J connectivity index is 1.56. The fraction of sp³-hybridized carbons (Fsp3) is 0.500. The molecule has 0 aliphatic carbocycles. The Morgan fingerprint density at radius 3 is 2.77 bits per heavy atom. The van der Waals surface area contributed by atoms with Gasteiger partial charge in [-0.1, -0.05) is 30.3 Å². The summed E-state index contributed by atoms with van der Waals surface area (Å²) in [4.78, 5) is 40.4. The zero-order chi connectivity index (χ0) is 18.5. The molecule has 7 nitrogen and oxygen atoms in total. The van der Waals surface area contributed by atoms with Gasteiger partial charge in [-0.05, 0) is 24.0 Å². The molecule has 0 saturated carbocycles. The average Bonchev–Trinajstić information content (AvgIpc) is 2.68. The molecule has 8 heteroatoms. The number of carbonyl (C=O) groups is 3. The van der Waals surface area contributed by atoms with Crippen molar-refractivity contribution in [2.45, 2.75) is 25.1 Å². The molecule has 3 amide bonds. The van der Waals surface area contributed by atoms with Gasteiger partial charge in [0.2, 0.25) is 11.8 Å². The number of thioether (sulfide) groups is 1. The quantitative estimate of drug-likeness (QED) is 0.831. The third-order valence-corrected chi connectivity index (χ3v) is 5.30. The fourth-order valence-electron chi connectivity index (χ4n) is 3.21. The maximum Gasteiger partial charge on any atom is 0.410 e. The van der Waals surface area contributed by atoms with Crippen molar-refractivity contribution in [2.75, 3.05) is 31.6 Å². The number of rotatable bonds is 5. The van der Waals surface area contributed by atoms with E-state index in [0.29, 0.717) is 19.5 Å². The van der Waals surface area contributed by atoms with E-state index in [-0.39, 0.29) is 25.0 Å². The first-order valence-corrected chi connectivity index (χ1v) is 10.0. The van der Waals surface area contributed by atoms with Gasteiger partial charge in [0.15, 0.2) is 0 Å². The van der Waals surface area contributed by atoms with Gasteiger partial charge in [-0.2, -0.15) is 11.8 Å². The van der Waals surface area contributed by atoms with Crippen molar-refractivity contribution in [3.8, 4) is 0 Å². The van der Waals surface area contributed by atoms with Crippen LogP contribution in [0, 0.1) is 0 Å². The average molecular weight is 377 g/mol. The summed E-state index contributed by atoms with van der Waals surface area (Å²) in [6, 6.07) is 8.34. The molecule has 2 fully saturated rings. The number of fused-ring (bicyclic) bond motifs is 1. The van der Waals surface area contributed by atoms with Crippen LogP contribution in [0.25, 0.3) is 0 Å². The summed E-state index contributed by atoms with van der Waals surface area (Å²) in [5, 5.41) is 2.80. The van der Waals surface area contributed by atoms with E-state index >= 15 is 0 Å². The number of nitrogens with zero attached hydrogens (tertiary/aromatic N) is 2. The lowest BCUT2D eigenvalue weighted by atomic mass is 10.0. The highest BCUT2D eigenvalue weighted by atomic mass is 32.2. The van der Waals surface area contributed by atoms with Crippen LogP contribution in [-0.2, 0) is 20.9 Å². The minimum Gasteiger partial charge on any atom is -0.445 e. The van der Waals surface area contributed by atoms with Crippen LogP contribution in [0.5, 0.6) is 0 Å². The molecular formula is C18H23N3O4S. The molecule has 3 rings (SSSR count). The molecule has 0 radical (unpaired) electrons. The second kappa shape index (κ2) is 8.44. The normalized spacial score (nSPS) is 22.7. The maximum atomic E-state index is 12.6. The van der Waals surface area contributed by atoms with E-state index in [1.54, 1.807) is 16.7 Å². The van der Waals surface area contributed by atoms with E-state index in [4.69, 9.17) is 4.74 Å². The molecule has 26 heavy (non-hydrogen) atoms. The topological polar surface area (TPSA) is 79.0 Å². The smallest absolute Gasteiger partial charge is 0.410 e. The molecule has 2 atom stereocenters. The molecule has 140 valence electrons. The SMILES string of the molecule is CSCC[C@@H]1NC(=O)[C@H]2CN(C(=O)OCc3ccccc3)CCN2C1=O. The van der Waals surface area contributed by atoms with E-state index < -0.39 is 18.2 Å². The second-order valence-corrected chi connectivity index (χ2v) is 7.36. The number of ether oxygens (including phenoxy) is 1. The third kappa shape index (κ3) is 4.12.